The third-order valence-corrected chi connectivity index (χ3v) is 4.04. The average Bonchev–Trinajstić information content (AvgIpc) is 2.69. The van der Waals surface area contributed by atoms with Crippen LogP contribution in [-0.2, 0) is 4.79 Å². The quantitative estimate of drug-likeness (QED) is 0.582. The number of carbonyl (C=O) groups is 1. The molecule has 0 aliphatic rings. The van der Waals surface area contributed by atoms with Crippen LogP contribution in [0.1, 0.15) is 19.4 Å². The minimum absolute atomic E-state index is 0.182. The molecule has 0 atom stereocenters. The van der Waals surface area contributed by atoms with Gasteiger partial charge in [0.1, 0.15) is 0 Å². The minimum atomic E-state index is -0.182. The molecule has 1 N–H and O–H groups in total. The van der Waals surface area contributed by atoms with Crippen LogP contribution in [0, 0.1) is 0 Å². The number of hydrogen-bond acceptors (Lipinski definition) is 3. The third kappa shape index (κ3) is 4.67. The second-order valence-electron chi connectivity index (χ2n) is 5.92. The van der Waals surface area contributed by atoms with Crippen molar-refractivity contribution in [3.05, 3.63) is 72.3 Å². The lowest BCUT2D eigenvalue weighted by Crippen LogP contribution is -2.08. The van der Waals surface area contributed by atoms with Crippen LogP contribution in [-0.4, -0.2) is 19.1 Å². The van der Waals surface area contributed by atoms with Gasteiger partial charge in [-0.25, -0.2) is 0 Å². The van der Waals surface area contributed by atoms with Gasteiger partial charge in [-0.1, -0.05) is 42.5 Å². The number of fused-ring (bicyclic) bond motifs is 1. The van der Waals surface area contributed by atoms with Crippen molar-refractivity contribution in [2.24, 2.45) is 0 Å². The maximum absolute atomic E-state index is 12.4. The molecule has 3 rings (SSSR count). The van der Waals surface area contributed by atoms with Crippen molar-refractivity contribution in [2.45, 2.75) is 13.8 Å². The Bertz CT molecular complexity index is 957. The van der Waals surface area contributed by atoms with E-state index in [1.807, 2.05) is 74.5 Å². The number of anilines is 1. The van der Waals surface area contributed by atoms with Crippen LogP contribution >= 0.6 is 0 Å². The summed E-state index contributed by atoms with van der Waals surface area (Å²) < 4.78 is 11.2. The molecule has 3 aromatic carbocycles. The molecule has 3 aromatic rings. The fourth-order valence-electron chi connectivity index (χ4n) is 2.85. The monoisotopic (exact) mass is 361 g/mol. The lowest BCUT2D eigenvalue weighted by Gasteiger charge is -2.11. The number of amides is 1. The molecule has 0 unspecified atom stereocenters. The molecule has 0 aromatic heterocycles. The number of benzene rings is 3. The second-order valence-corrected chi connectivity index (χ2v) is 5.92. The number of hydrogen-bond donors (Lipinski definition) is 1. The summed E-state index contributed by atoms with van der Waals surface area (Å²) in [5.74, 6) is 1.20. The Labute approximate surface area is 159 Å². The fourth-order valence-corrected chi connectivity index (χ4v) is 2.85. The van der Waals surface area contributed by atoms with E-state index in [1.165, 1.54) is 6.08 Å². The second kappa shape index (κ2) is 8.90. The highest BCUT2D eigenvalue weighted by Gasteiger charge is 2.06. The summed E-state index contributed by atoms with van der Waals surface area (Å²) >= 11 is 0. The van der Waals surface area contributed by atoms with Crippen LogP contribution in [0.2, 0.25) is 0 Å². The highest BCUT2D eigenvalue weighted by molar-refractivity contribution is 6.07. The lowest BCUT2D eigenvalue weighted by atomic mass is 10.1. The zero-order chi connectivity index (χ0) is 19.1. The van der Waals surface area contributed by atoms with Gasteiger partial charge in [-0.15, -0.1) is 0 Å². The topological polar surface area (TPSA) is 47.6 Å². The van der Waals surface area contributed by atoms with Crippen LogP contribution in [0.4, 0.5) is 5.69 Å². The average molecular weight is 361 g/mol. The molecule has 0 heterocycles. The summed E-state index contributed by atoms with van der Waals surface area (Å²) in [6.07, 6.45) is 3.28. The van der Waals surface area contributed by atoms with Gasteiger partial charge in [0, 0.05) is 17.1 Å². The van der Waals surface area contributed by atoms with E-state index in [9.17, 15) is 4.79 Å². The normalized spacial score (nSPS) is 10.9. The summed E-state index contributed by atoms with van der Waals surface area (Å²) in [4.78, 5) is 12.4. The Morgan fingerprint density at radius 3 is 2.48 bits per heavy atom. The molecule has 0 fully saturated rings. The van der Waals surface area contributed by atoms with E-state index in [1.54, 1.807) is 6.08 Å². The molecular formula is C23H23NO3. The van der Waals surface area contributed by atoms with Crippen molar-refractivity contribution in [3.8, 4) is 11.5 Å². The predicted octanol–water partition coefficient (Wildman–Crippen LogP) is 5.29. The number of nitrogens with one attached hydrogen (secondary N) is 1. The molecule has 0 saturated carbocycles. The van der Waals surface area contributed by atoms with E-state index in [0.717, 1.165) is 22.0 Å². The summed E-state index contributed by atoms with van der Waals surface area (Å²) in [5.41, 5.74) is 1.67. The minimum Gasteiger partial charge on any atom is -0.490 e. The molecule has 4 nitrogen and oxygen atoms in total. The van der Waals surface area contributed by atoms with Gasteiger partial charge < -0.3 is 14.8 Å². The molecule has 1 amide bonds. The number of rotatable bonds is 7. The Morgan fingerprint density at radius 1 is 0.926 bits per heavy atom. The largest absolute Gasteiger partial charge is 0.490 e. The van der Waals surface area contributed by atoms with Crippen molar-refractivity contribution in [2.75, 3.05) is 18.5 Å². The van der Waals surface area contributed by atoms with E-state index in [2.05, 4.69) is 5.32 Å². The highest BCUT2D eigenvalue weighted by atomic mass is 16.5. The van der Waals surface area contributed by atoms with Gasteiger partial charge in [0.15, 0.2) is 11.5 Å². The Balaban J connectivity index is 1.75. The van der Waals surface area contributed by atoms with Crippen LogP contribution in [0.25, 0.3) is 16.8 Å². The van der Waals surface area contributed by atoms with Gasteiger partial charge in [0.05, 0.1) is 13.2 Å². The molecule has 138 valence electrons. The van der Waals surface area contributed by atoms with Gasteiger partial charge in [-0.2, -0.15) is 0 Å². The van der Waals surface area contributed by atoms with E-state index in [0.29, 0.717) is 24.7 Å². The molecular weight excluding hydrogens is 338 g/mol. The summed E-state index contributed by atoms with van der Waals surface area (Å²) in [7, 11) is 0. The molecule has 0 radical (unpaired) electrons. The summed E-state index contributed by atoms with van der Waals surface area (Å²) in [6.45, 7) is 4.98. The Kier molecular flexibility index (Phi) is 6.10. The van der Waals surface area contributed by atoms with Crippen molar-refractivity contribution >= 4 is 28.4 Å². The standard InChI is InChI=1S/C23H23NO3/c1-3-26-21-14-12-17(16-22(21)27-4-2)13-15-23(25)24-20-11-7-9-18-8-5-6-10-19(18)20/h5-16H,3-4H2,1-2H3,(H,24,25)/b15-13+. The first-order chi connectivity index (χ1) is 13.2. The van der Waals surface area contributed by atoms with Crippen molar-refractivity contribution < 1.29 is 14.3 Å². The summed E-state index contributed by atoms with van der Waals surface area (Å²) in [6, 6.07) is 19.4. The van der Waals surface area contributed by atoms with E-state index in [4.69, 9.17) is 9.47 Å². The zero-order valence-corrected chi connectivity index (χ0v) is 15.6. The Hall–Kier alpha value is -3.27. The lowest BCUT2D eigenvalue weighted by molar-refractivity contribution is -0.111. The maximum atomic E-state index is 12.4. The SMILES string of the molecule is CCOc1ccc(/C=C/C(=O)Nc2cccc3ccccc23)cc1OCC. The van der Waals surface area contributed by atoms with Crippen LogP contribution < -0.4 is 14.8 Å². The first kappa shape index (κ1) is 18.5. The van der Waals surface area contributed by atoms with Gasteiger partial charge in [0.25, 0.3) is 0 Å². The Morgan fingerprint density at radius 2 is 1.67 bits per heavy atom. The first-order valence-corrected chi connectivity index (χ1v) is 9.07. The smallest absolute Gasteiger partial charge is 0.248 e. The predicted molar refractivity (Wildman–Crippen MR) is 110 cm³/mol. The zero-order valence-electron chi connectivity index (χ0n) is 15.6. The molecule has 0 bridgehead atoms. The van der Waals surface area contributed by atoms with Crippen molar-refractivity contribution in [3.63, 3.8) is 0 Å². The van der Waals surface area contributed by atoms with E-state index in [-0.39, 0.29) is 5.91 Å². The molecule has 4 heteroatoms. The van der Waals surface area contributed by atoms with Crippen LogP contribution in [0.5, 0.6) is 11.5 Å². The first-order valence-electron chi connectivity index (χ1n) is 9.07. The van der Waals surface area contributed by atoms with Gasteiger partial charge in [0.2, 0.25) is 5.91 Å². The van der Waals surface area contributed by atoms with Crippen molar-refractivity contribution in [1.29, 1.82) is 0 Å². The van der Waals surface area contributed by atoms with E-state index >= 15 is 0 Å². The van der Waals surface area contributed by atoms with Crippen LogP contribution in [0.3, 0.4) is 0 Å². The molecule has 0 spiro atoms. The fraction of sp³-hybridized carbons (Fsp3) is 0.174. The van der Waals surface area contributed by atoms with Gasteiger partial charge in [-0.3, -0.25) is 4.79 Å². The third-order valence-electron chi connectivity index (χ3n) is 4.04. The van der Waals surface area contributed by atoms with Gasteiger partial charge in [-0.05, 0) is 49.1 Å². The summed E-state index contributed by atoms with van der Waals surface area (Å²) in [5, 5.41) is 5.05. The molecule has 0 aliphatic heterocycles. The molecule has 0 aliphatic carbocycles. The van der Waals surface area contributed by atoms with Crippen molar-refractivity contribution in [1.82, 2.24) is 0 Å². The highest BCUT2D eigenvalue weighted by Crippen LogP contribution is 2.29. The van der Waals surface area contributed by atoms with E-state index < -0.39 is 0 Å². The molecule has 0 saturated heterocycles. The maximum Gasteiger partial charge on any atom is 0.248 e. The number of ether oxygens (including phenoxy) is 2. The number of carbonyl (C=O) groups excluding carboxylic acids is 1. The van der Waals surface area contributed by atoms with Crippen LogP contribution in [0.15, 0.2) is 66.7 Å². The molecule has 27 heavy (non-hydrogen) atoms. The van der Waals surface area contributed by atoms with Gasteiger partial charge >= 0.3 is 0 Å².